The van der Waals surface area contributed by atoms with E-state index in [-0.39, 0.29) is 6.41 Å². The van der Waals surface area contributed by atoms with Gasteiger partial charge in [-0.3, -0.25) is 24.9 Å². The number of alkyl halides is 2. The molecule has 0 aliphatic carbocycles. The summed E-state index contributed by atoms with van der Waals surface area (Å²) in [6, 6.07) is 13.6. The number of aromatic nitrogens is 1. The van der Waals surface area contributed by atoms with Crippen LogP contribution in [0.3, 0.4) is 0 Å². The summed E-state index contributed by atoms with van der Waals surface area (Å²) in [5.41, 5.74) is 6.05. The van der Waals surface area contributed by atoms with Crippen LogP contribution >= 0.6 is 0 Å². The maximum atomic E-state index is 12.3. The van der Waals surface area contributed by atoms with Crippen LogP contribution in [0.1, 0.15) is 11.3 Å². The molecule has 0 aliphatic heterocycles. The second-order valence-corrected chi connectivity index (χ2v) is 8.23. The van der Waals surface area contributed by atoms with E-state index in [4.69, 9.17) is 0 Å². The van der Waals surface area contributed by atoms with Gasteiger partial charge in [0, 0.05) is 27.8 Å². The SMILES string of the molecule is C=C(NNC=O)C(F)F.C=S(C)(=O)N(Cc1ccc(C)cn1)c1ccccc1. The lowest BCUT2D eigenvalue weighted by atomic mass is 10.2. The van der Waals surface area contributed by atoms with Gasteiger partial charge in [0.2, 0.25) is 6.41 Å². The number of hydrogen-bond acceptors (Lipinski definition) is 4. The van der Waals surface area contributed by atoms with Crippen LogP contribution < -0.4 is 15.2 Å². The molecule has 0 bridgehead atoms. The molecular formula is C19H24F2N4O2S. The molecule has 1 amide bonds. The fraction of sp³-hybridized carbons (Fsp3) is 0.211. The number of nitrogens with zero attached hydrogens (tertiary/aromatic N) is 2. The molecular weight excluding hydrogens is 386 g/mol. The average Bonchev–Trinajstić information content (AvgIpc) is 2.65. The van der Waals surface area contributed by atoms with Gasteiger partial charge in [-0.15, -0.1) is 0 Å². The van der Waals surface area contributed by atoms with E-state index in [0.29, 0.717) is 6.54 Å². The molecule has 2 rings (SSSR count). The van der Waals surface area contributed by atoms with Crippen molar-refractivity contribution in [2.45, 2.75) is 19.9 Å². The fourth-order valence-corrected chi connectivity index (χ4v) is 2.93. The molecule has 9 heteroatoms. The quantitative estimate of drug-likeness (QED) is 0.399. The van der Waals surface area contributed by atoms with Gasteiger partial charge in [-0.05, 0) is 36.6 Å². The Bertz CT molecular complexity index is 857. The van der Waals surface area contributed by atoms with Gasteiger partial charge in [-0.2, -0.15) is 0 Å². The van der Waals surface area contributed by atoms with Crippen molar-refractivity contribution in [2.75, 3.05) is 10.6 Å². The first-order valence-electron chi connectivity index (χ1n) is 8.13. The topological polar surface area (TPSA) is 74.3 Å². The summed E-state index contributed by atoms with van der Waals surface area (Å²) in [5.74, 6) is 3.79. The Morgan fingerprint density at radius 2 is 1.93 bits per heavy atom. The van der Waals surface area contributed by atoms with Crippen molar-refractivity contribution in [3.63, 3.8) is 0 Å². The Morgan fingerprint density at radius 3 is 2.39 bits per heavy atom. The standard InChI is InChI=1S/C15H18N2OS.C4H6F2N2O/c1-13-9-10-14(16-11-13)12-17(19(2,3)18)15-7-5-4-6-8-15;1-3(4(5)6)8-7-2-9/h4-11H,2,12H2,1,3H3;2,4,8H,1H2,(H,7,9). The molecule has 152 valence electrons. The number of hydrogen-bond donors (Lipinski definition) is 2. The Kier molecular flexibility index (Phi) is 9.10. The monoisotopic (exact) mass is 410 g/mol. The average molecular weight is 410 g/mol. The van der Waals surface area contributed by atoms with Crippen LogP contribution in [0.25, 0.3) is 0 Å². The summed E-state index contributed by atoms with van der Waals surface area (Å²) in [5, 5.41) is 0. The summed E-state index contributed by atoms with van der Waals surface area (Å²) < 4.78 is 37.0. The third kappa shape index (κ3) is 8.17. The van der Waals surface area contributed by atoms with Crippen molar-refractivity contribution in [1.29, 1.82) is 0 Å². The third-order valence-electron chi connectivity index (χ3n) is 3.34. The number of para-hydroxylation sites is 1. The minimum absolute atomic E-state index is 0.244. The molecule has 0 saturated carbocycles. The predicted molar refractivity (Wildman–Crippen MR) is 110 cm³/mol. The third-order valence-corrected chi connectivity index (χ3v) is 4.62. The number of hydrazine groups is 1. The van der Waals surface area contributed by atoms with Crippen molar-refractivity contribution in [3.05, 3.63) is 72.2 Å². The van der Waals surface area contributed by atoms with Crippen molar-refractivity contribution >= 4 is 27.7 Å². The molecule has 1 unspecified atom stereocenters. The van der Waals surface area contributed by atoms with E-state index in [1.54, 1.807) is 10.6 Å². The molecule has 0 spiro atoms. The number of amides is 1. The molecule has 28 heavy (non-hydrogen) atoms. The Balaban J connectivity index is 0.000000370. The Hall–Kier alpha value is -2.94. The highest BCUT2D eigenvalue weighted by Crippen LogP contribution is 2.19. The zero-order valence-electron chi connectivity index (χ0n) is 15.8. The van der Waals surface area contributed by atoms with E-state index in [9.17, 15) is 17.8 Å². The van der Waals surface area contributed by atoms with E-state index < -0.39 is 21.8 Å². The van der Waals surface area contributed by atoms with E-state index >= 15 is 0 Å². The first-order valence-corrected chi connectivity index (χ1v) is 10.2. The molecule has 0 aliphatic rings. The minimum Gasteiger partial charge on any atom is -0.298 e. The molecule has 0 fully saturated rings. The van der Waals surface area contributed by atoms with Crippen LogP contribution in [0.4, 0.5) is 14.5 Å². The zero-order chi connectivity index (χ0) is 21.2. The molecule has 2 aromatic rings. The number of carbonyl (C=O) groups excluding carboxylic acids is 1. The van der Waals surface area contributed by atoms with E-state index in [1.807, 2.05) is 66.4 Å². The molecule has 1 aromatic heterocycles. The summed E-state index contributed by atoms with van der Waals surface area (Å²) in [6.07, 6.45) is 1.05. The summed E-state index contributed by atoms with van der Waals surface area (Å²) >= 11 is 0. The van der Waals surface area contributed by atoms with Gasteiger partial charge in [0.05, 0.1) is 17.9 Å². The number of benzene rings is 1. The predicted octanol–water partition coefficient (Wildman–Crippen LogP) is 2.67. The summed E-state index contributed by atoms with van der Waals surface area (Å²) in [6.45, 7) is 5.39. The number of halogens is 2. The van der Waals surface area contributed by atoms with Crippen molar-refractivity contribution < 1.29 is 17.8 Å². The molecule has 0 radical (unpaired) electrons. The number of aryl methyl sites for hydroxylation is 1. The number of nitrogens with one attached hydrogen (secondary N) is 2. The lowest BCUT2D eigenvalue weighted by Crippen LogP contribution is -2.31. The van der Waals surface area contributed by atoms with Crippen LogP contribution in [-0.4, -0.2) is 34.2 Å². The number of pyridine rings is 1. The van der Waals surface area contributed by atoms with Gasteiger partial charge in [-0.25, -0.2) is 13.0 Å². The summed E-state index contributed by atoms with van der Waals surface area (Å²) in [7, 11) is -2.33. The number of anilines is 1. The van der Waals surface area contributed by atoms with Crippen molar-refractivity contribution in [2.24, 2.45) is 0 Å². The second kappa shape index (κ2) is 11.0. The van der Waals surface area contributed by atoms with Gasteiger partial charge < -0.3 is 0 Å². The molecule has 6 nitrogen and oxygen atoms in total. The molecule has 1 heterocycles. The lowest BCUT2D eigenvalue weighted by molar-refractivity contribution is -0.110. The Labute approximate surface area is 164 Å². The highest BCUT2D eigenvalue weighted by atomic mass is 32.2. The highest BCUT2D eigenvalue weighted by Gasteiger charge is 2.13. The van der Waals surface area contributed by atoms with Gasteiger partial charge in [0.15, 0.2) is 0 Å². The van der Waals surface area contributed by atoms with Crippen LogP contribution in [0, 0.1) is 6.92 Å². The van der Waals surface area contributed by atoms with Crippen LogP contribution in [0.5, 0.6) is 0 Å². The van der Waals surface area contributed by atoms with E-state index in [1.165, 1.54) is 0 Å². The number of allylic oxidation sites excluding steroid dienone is 1. The smallest absolute Gasteiger partial charge is 0.279 e. The lowest BCUT2D eigenvalue weighted by Gasteiger charge is -2.25. The highest BCUT2D eigenvalue weighted by molar-refractivity contribution is 8.00. The van der Waals surface area contributed by atoms with Crippen molar-refractivity contribution in [3.8, 4) is 0 Å². The van der Waals surface area contributed by atoms with Gasteiger partial charge in [-0.1, -0.05) is 30.8 Å². The second-order valence-electron chi connectivity index (χ2n) is 5.87. The first kappa shape index (κ1) is 23.1. The van der Waals surface area contributed by atoms with Crippen LogP contribution in [0.2, 0.25) is 0 Å². The maximum absolute atomic E-state index is 12.3. The van der Waals surface area contributed by atoms with Gasteiger partial charge in [0.1, 0.15) is 0 Å². The normalized spacial score (nSPS) is 12.2. The summed E-state index contributed by atoms with van der Waals surface area (Å²) in [4.78, 5) is 13.8. The number of rotatable bonds is 8. The molecule has 0 saturated heterocycles. The zero-order valence-corrected chi connectivity index (χ0v) is 16.6. The van der Waals surface area contributed by atoms with Gasteiger partial charge in [0.25, 0.3) is 6.43 Å². The van der Waals surface area contributed by atoms with Crippen LogP contribution in [0.15, 0.2) is 60.9 Å². The van der Waals surface area contributed by atoms with Crippen molar-refractivity contribution in [1.82, 2.24) is 15.8 Å². The number of carbonyl (C=O) groups is 1. The van der Waals surface area contributed by atoms with E-state index in [0.717, 1.165) is 16.9 Å². The molecule has 1 aromatic carbocycles. The van der Waals surface area contributed by atoms with E-state index in [2.05, 4.69) is 17.4 Å². The van der Waals surface area contributed by atoms with Gasteiger partial charge >= 0.3 is 0 Å². The minimum atomic E-state index is -2.66. The fourth-order valence-electron chi connectivity index (χ4n) is 1.96. The maximum Gasteiger partial charge on any atom is 0.279 e. The largest absolute Gasteiger partial charge is 0.298 e. The van der Waals surface area contributed by atoms with Crippen LogP contribution in [-0.2, 0) is 21.0 Å². The Morgan fingerprint density at radius 1 is 1.29 bits per heavy atom. The first-order chi connectivity index (χ1) is 13.1. The molecule has 2 N–H and O–H groups in total. The molecule has 1 atom stereocenters.